The first-order valence-electron chi connectivity index (χ1n) is 30.9. The molecule has 4 rings (SSSR count). The Balaban J connectivity index is 1.59. The van der Waals surface area contributed by atoms with Crippen molar-refractivity contribution in [3.05, 3.63) is 103 Å². The zero-order valence-electron chi connectivity index (χ0n) is 57.4. The minimum Gasteiger partial charge on any atom is -0.493 e. The van der Waals surface area contributed by atoms with Gasteiger partial charge in [-0.15, -0.1) is 20.2 Å². The lowest BCUT2D eigenvalue weighted by atomic mass is 9.74. The van der Waals surface area contributed by atoms with Crippen LogP contribution in [-0.2, 0) is 49.2 Å². The minimum atomic E-state index is -2.35. The van der Waals surface area contributed by atoms with Crippen molar-refractivity contribution in [3.8, 4) is 69.6 Å². The third kappa shape index (κ3) is 21.0. The second-order valence-electron chi connectivity index (χ2n) is 22.5. The van der Waals surface area contributed by atoms with E-state index in [1.807, 2.05) is 41.8 Å². The van der Waals surface area contributed by atoms with Crippen LogP contribution in [0, 0.1) is 42.9 Å². The third-order valence-electron chi connectivity index (χ3n) is 16.3. The third-order valence-corrected chi connectivity index (χ3v) is 16.3. The number of nitriles is 2. The van der Waals surface area contributed by atoms with Gasteiger partial charge in [-0.25, -0.2) is 9.59 Å². The van der Waals surface area contributed by atoms with E-state index in [0.29, 0.717) is 97.2 Å². The number of esters is 2. The van der Waals surface area contributed by atoms with Gasteiger partial charge < -0.3 is 77.2 Å². The molecule has 0 aliphatic carbocycles. The van der Waals surface area contributed by atoms with E-state index in [0.717, 1.165) is 24.0 Å². The molecule has 0 saturated heterocycles. The molecule has 0 radical (unpaired) electrons. The van der Waals surface area contributed by atoms with Crippen molar-refractivity contribution >= 4 is 23.8 Å². The topological polar surface area (TPSA) is 362 Å². The lowest BCUT2D eigenvalue weighted by Gasteiger charge is -2.31. The second-order valence-corrected chi connectivity index (χ2v) is 22.5. The number of nitrogens with one attached hydrogen (secondary N) is 2. The molecule has 0 aromatic heterocycles. The Bertz CT molecular complexity index is 3090. The molecular formula is C66H90N8O22. The summed E-state index contributed by atoms with van der Waals surface area (Å²) in [6.07, 6.45) is -2.47. The Kier molecular flexibility index (Phi) is 30.9. The summed E-state index contributed by atoms with van der Waals surface area (Å²) in [6, 6.07) is 21.1. The zero-order chi connectivity index (χ0) is 71.5. The molecule has 8 unspecified atom stereocenters. The van der Waals surface area contributed by atoms with Gasteiger partial charge in [-0.1, -0.05) is 38.8 Å². The van der Waals surface area contributed by atoms with Gasteiger partial charge >= 0.3 is 36.3 Å². The first-order valence-corrected chi connectivity index (χ1v) is 30.9. The van der Waals surface area contributed by atoms with Gasteiger partial charge in [0.05, 0.1) is 79.8 Å². The molecule has 2 N–H and O–H groups in total. The van der Waals surface area contributed by atoms with Crippen molar-refractivity contribution in [2.75, 3.05) is 97.2 Å². The van der Waals surface area contributed by atoms with E-state index in [2.05, 4.69) is 42.2 Å². The molecular weight excluding hydrogens is 1260 g/mol. The van der Waals surface area contributed by atoms with E-state index in [-0.39, 0.29) is 35.1 Å². The molecule has 96 heavy (non-hydrogen) atoms. The quantitative estimate of drug-likeness (QED) is 0.0138. The molecule has 4 aromatic rings. The van der Waals surface area contributed by atoms with Crippen LogP contribution in [0.1, 0.15) is 127 Å². The highest BCUT2D eigenvalue weighted by Crippen LogP contribution is 2.46. The van der Waals surface area contributed by atoms with Crippen LogP contribution in [0.25, 0.3) is 0 Å². The summed E-state index contributed by atoms with van der Waals surface area (Å²) in [4.78, 5) is 90.6. The lowest BCUT2D eigenvalue weighted by Crippen LogP contribution is -2.47. The second kappa shape index (κ2) is 37.8. The number of ether oxygens (including phenoxy) is 12. The highest BCUT2D eigenvalue weighted by atomic mass is 17.0. The van der Waals surface area contributed by atoms with Gasteiger partial charge in [0.25, 0.3) is 10.2 Å². The van der Waals surface area contributed by atoms with Gasteiger partial charge in [0.2, 0.25) is 11.5 Å². The number of methoxy groups -OCH3 is 8. The van der Waals surface area contributed by atoms with Gasteiger partial charge in [-0.3, -0.25) is 19.4 Å². The first-order chi connectivity index (χ1) is 45.7. The summed E-state index contributed by atoms with van der Waals surface area (Å²) in [5.41, 5.74) is 1.06. The number of carbonyl (C=O) groups excluding carboxylic acids is 4. The van der Waals surface area contributed by atoms with Crippen LogP contribution in [0.5, 0.6) is 57.5 Å². The molecule has 8 atom stereocenters. The van der Waals surface area contributed by atoms with Crippen molar-refractivity contribution in [1.29, 1.82) is 10.5 Å². The van der Waals surface area contributed by atoms with E-state index < -0.39 is 82.6 Å². The molecule has 0 aliphatic heterocycles. The molecule has 0 bridgehead atoms. The number of carbonyl (C=O) groups is 4. The predicted octanol–water partition coefficient (Wildman–Crippen LogP) is 8.45. The van der Waals surface area contributed by atoms with E-state index in [1.54, 1.807) is 48.5 Å². The fraction of sp³-hybridized carbons (Fsp3) is 0.545. The first kappa shape index (κ1) is 78.5. The van der Waals surface area contributed by atoms with Crippen molar-refractivity contribution in [2.45, 2.75) is 141 Å². The maximum atomic E-state index is 13.8. The Morgan fingerprint density at radius 1 is 0.500 bits per heavy atom. The van der Waals surface area contributed by atoms with Gasteiger partial charge in [0.1, 0.15) is 12.2 Å². The van der Waals surface area contributed by atoms with Crippen molar-refractivity contribution < 1.29 is 95.9 Å². The van der Waals surface area contributed by atoms with Gasteiger partial charge in [-0.05, 0) is 164 Å². The normalized spacial score (nSPS) is 14.1. The number of benzene rings is 4. The SMILES string of the molecule is CCCC(C#N)(CCCN(C)C(C)c1ccc(OC(OC(=O)C(=O)OC(Oc2ccc(C(C)N(C)CCCC(C#N)(CCC)c3cc(OC)c(OC)c(OC)c3)cc2OC)C(=O)NCC(C)O[N+](=O)[O-])C(=O)NCC(C)O[N+](=O)[O-])c(OC)c1)c1cc(OC)c(OC)c(OC)c1. The van der Waals surface area contributed by atoms with Gasteiger partial charge in [0.15, 0.2) is 46.0 Å². The van der Waals surface area contributed by atoms with Crippen LogP contribution in [-0.4, -0.2) is 166 Å². The van der Waals surface area contributed by atoms with Crippen LogP contribution in [0.3, 0.4) is 0 Å². The van der Waals surface area contributed by atoms with Crippen LogP contribution in [0.15, 0.2) is 60.7 Å². The zero-order valence-corrected chi connectivity index (χ0v) is 57.4. The van der Waals surface area contributed by atoms with E-state index in [4.69, 9.17) is 56.8 Å². The average Bonchev–Trinajstić information content (AvgIpc) is 0.806. The molecule has 0 fully saturated rings. The van der Waals surface area contributed by atoms with E-state index in [1.165, 1.54) is 82.9 Å². The monoisotopic (exact) mass is 1350 g/mol. The summed E-state index contributed by atoms with van der Waals surface area (Å²) in [6.45, 7) is 10.4. The Morgan fingerprint density at radius 3 is 1.09 bits per heavy atom. The molecule has 4 aromatic carbocycles. The average molecular weight is 1350 g/mol. The van der Waals surface area contributed by atoms with Crippen LogP contribution >= 0.6 is 0 Å². The van der Waals surface area contributed by atoms with Crippen LogP contribution in [0.4, 0.5) is 0 Å². The maximum Gasteiger partial charge on any atom is 0.421 e. The lowest BCUT2D eigenvalue weighted by molar-refractivity contribution is -0.767. The largest absolute Gasteiger partial charge is 0.493 e. The Labute approximate surface area is 559 Å². The van der Waals surface area contributed by atoms with Crippen LogP contribution < -0.4 is 58.0 Å². The molecule has 0 aliphatic rings. The summed E-state index contributed by atoms with van der Waals surface area (Å²) in [5, 5.41) is 46.1. The van der Waals surface area contributed by atoms with Crippen molar-refractivity contribution in [1.82, 2.24) is 20.4 Å². The van der Waals surface area contributed by atoms with E-state index in [9.17, 15) is 49.9 Å². The summed E-state index contributed by atoms with van der Waals surface area (Å²) in [7, 11) is 15.5. The van der Waals surface area contributed by atoms with Gasteiger partial charge in [0, 0.05) is 25.2 Å². The van der Waals surface area contributed by atoms with Gasteiger partial charge in [-0.2, -0.15) is 10.5 Å². The van der Waals surface area contributed by atoms with Crippen LogP contribution in [0.2, 0.25) is 0 Å². The molecule has 0 heterocycles. The highest BCUT2D eigenvalue weighted by molar-refractivity contribution is 6.30. The number of nitrogens with zero attached hydrogens (tertiary/aromatic N) is 6. The molecule has 30 nitrogen and oxygen atoms in total. The molecule has 30 heteroatoms. The molecule has 0 saturated carbocycles. The Morgan fingerprint density at radius 2 is 0.823 bits per heavy atom. The Hall–Kier alpha value is -9.94. The number of amides is 2. The number of hydrogen-bond acceptors (Lipinski definition) is 26. The maximum absolute atomic E-state index is 13.8. The summed E-state index contributed by atoms with van der Waals surface area (Å²) >= 11 is 0. The fourth-order valence-electron chi connectivity index (χ4n) is 10.8. The number of rotatable bonds is 42. The summed E-state index contributed by atoms with van der Waals surface area (Å²) in [5.74, 6) is -4.07. The van der Waals surface area contributed by atoms with E-state index >= 15 is 0 Å². The minimum absolute atomic E-state index is 0.0302. The molecule has 2 amide bonds. The smallest absolute Gasteiger partial charge is 0.421 e. The molecule has 526 valence electrons. The highest BCUT2D eigenvalue weighted by Gasteiger charge is 2.38. The summed E-state index contributed by atoms with van der Waals surface area (Å²) < 4.78 is 67.3. The van der Waals surface area contributed by atoms with Crippen molar-refractivity contribution in [3.63, 3.8) is 0 Å². The standard InChI is InChI=1S/C66H90N8O22/c1-17-25-65(39-67,47-33-53(85-11)57(89-15)54(34-47)86-12)27-19-29-71(7)43(5)45-21-23-49(51(31-45)83-9)91-63(59(75)69-37-41(3)95-73(79)80)93-61(77)62(78)94-64(60(76)70-38-42(4)96-74(81)82)92-50-24-22-46(32-52(50)84-10)44(6)72(8)30-20-28-66(40-68,26-18-2)48-35-55(87-13)58(90-16)56(36-48)88-14/h21-24,31-36,41-44,63-64H,17-20,25-30,37-38H2,1-16H3,(H,69,75)(H,70,76). The number of hydrogen-bond donors (Lipinski definition) is 2. The fourth-order valence-corrected chi connectivity index (χ4v) is 10.8. The van der Waals surface area contributed by atoms with Crippen molar-refractivity contribution in [2.24, 2.45) is 0 Å². The predicted molar refractivity (Wildman–Crippen MR) is 345 cm³/mol. The molecule has 0 spiro atoms.